The normalized spacial score (nSPS) is 22.8. The van der Waals surface area contributed by atoms with Crippen LogP contribution in [-0.2, 0) is 9.59 Å². The van der Waals surface area contributed by atoms with E-state index in [9.17, 15) is 9.59 Å². The molecule has 3 heteroatoms. The molecule has 0 fully saturated rings. The van der Waals surface area contributed by atoms with E-state index in [4.69, 9.17) is 0 Å². The molecule has 0 radical (unpaired) electrons. The fraction of sp³-hybridized carbons (Fsp3) is 0.154. The minimum absolute atomic E-state index is 0.124. The molecule has 0 aromatic rings. The Labute approximate surface area is 92.6 Å². The molecule has 0 saturated carbocycles. The van der Waals surface area contributed by atoms with Crippen molar-refractivity contribution in [3.8, 4) is 0 Å². The van der Waals surface area contributed by atoms with E-state index in [-0.39, 0.29) is 17.1 Å². The van der Waals surface area contributed by atoms with Crippen LogP contribution < -0.4 is 0 Å². The van der Waals surface area contributed by atoms with E-state index < -0.39 is 0 Å². The highest BCUT2D eigenvalue weighted by atomic mass is 16.1. The van der Waals surface area contributed by atoms with Crippen molar-refractivity contribution in [2.75, 3.05) is 0 Å². The summed E-state index contributed by atoms with van der Waals surface area (Å²) in [5.74, 6) is -0.292. The molecule has 1 aliphatic heterocycles. The molecule has 3 aliphatic rings. The van der Waals surface area contributed by atoms with Gasteiger partial charge in [-0.2, -0.15) is 0 Å². The standard InChI is InChI=1S/C13H9NO2/c15-11-7-3-6-10-12(11)13(16)8-4-1-2-5-9(8)14-10/h1-4,6H,5,7H2. The molecule has 0 saturated heterocycles. The highest BCUT2D eigenvalue weighted by Crippen LogP contribution is 2.28. The van der Waals surface area contributed by atoms with Crippen LogP contribution in [0.5, 0.6) is 0 Å². The minimum atomic E-state index is -0.168. The first-order valence-corrected chi connectivity index (χ1v) is 5.21. The van der Waals surface area contributed by atoms with Gasteiger partial charge in [-0.3, -0.25) is 14.6 Å². The number of fused-ring (bicyclic) bond motifs is 1. The van der Waals surface area contributed by atoms with Gasteiger partial charge >= 0.3 is 0 Å². The molecular weight excluding hydrogens is 202 g/mol. The van der Waals surface area contributed by atoms with Crippen molar-refractivity contribution in [3.63, 3.8) is 0 Å². The van der Waals surface area contributed by atoms with Gasteiger partial charge in [0.05, 0.1) is 17.0 Å². The van der Waals surface area contributed by atoms with Gasteiger partial charge in [0.2, 0.25) is 5.78 Å². The molecule has 0 aromatic carbocycles. The molecule has 16 heavy (non-hydrogen) atoms. The van der Waals surface area contributed by atoms with Gasteiger partial charge in [-0.05, 0) is 12.2 Å². The fourth-order valence-corrected chi connectivity index (χ4v) is 2.08. The molecule has 3 nitrogen and oxygen atoms in total. The highest BCUT2D eigenvalue weighted by molar-refractivity contribution is 6.38. The summed E-state index contributed by atoms with van der Waals surface area (Å²) in [7, 11) is 0. The molecule has 0 spiro atoms. The Morgan fingerprint density at radius 2 is 2.00 bits per heavy atom. The lowest BCUT2D eigenvalue weighted by Gasteiger charge is -2.21. The van der Waals surface area contributed by atoms with Crippen LogP contribution in [0.4, 0.5) is 0 Å². The number of carbonyl (C=O) groups excluding carboxylic acids is 2. The van der Waals surface area contributed by atoms with Gasteiger partial charge in [0.25, 0.3) is 0 Å². The Morgan fingerprint density at radius 1 is 1.12 bits per heavy atom. The number of hydrogen-bond donors (Lipinski definition) is 0. The Balaban J connectivity index is 2.20. The number of ketones is 2. The van der Waals surface area contributed by atoms with E-state index in [1.165, 1.54) is 0 Å². The van der Waals surface area contributed by atoms with Crippen LogP contribution >= 0.6 is 0 Å². The maximum atomic E-state index is 12.1. The lowest BCUT2D eigenvalue weighted by Crippen LogP contribution is -2.26. The maximum absolute atomic E-state index is 12.1. The smallest absolute Gasteiger partial charge is 0.200 e. The average Bonchev–Trinajstić information content (AvgIpc) is 2.29. The number of carbonyl (C=O) groups is 2. The van der Waals surface area contributed by atoms with Gasteiger partial charge in [0.1, 0.15) is 0 Å². The third-order valence-corrected chi connectivity index (χ3v) is 2.86. The van der Waals surface area contributed by atoms with Crippen molar-refractivity contribution in [1.29, 1.82) is 0 Å². The molecule has 2 aliphatic carbocycles. The summed E-state index contributed by atoms with van der Waals surface area (Å²) in [4.78, 5) is 28.2. The van der Waals surface area contributed by atoms with Gasteiger partial charge in [0, 0.05) is 18.4 Å². The van der Waals surface area contributed by atoms with Gasteiger partial charge in [-0.25, -0.2) is 0 Å². The van der Waals surface area contributed by atoms with Crippen LogP contribution in [-0.4, -0.2) is 17.3 Å². The van der Waals surface area contributed by atoms with E-state index in [2.05, 4.69) is 4.99 Å². The minimum Gasteiger partial charge on any atom is -0.294 e. The van der Waals surface area contributed by atoms with Crippen LogP contribution in [0.3, 0.4) is 0 Å². The maximum Gasteiger partial charge on any atom is 0.200 e. The van der Waals surface area contributed by atoms with Crippen molar-refractivity contribution in [3.05, 3.63) is 47.2 Å². The number of allylic oxidation sites excluding steroid dienone is 7. The molecule has 0 amide bonds. The molecule has 3 rings (SSSR count). The van der Waals surface area contributed by atoms with Gasteiger partial charge in [0.15, 0.2) is 5.78 Å². The second kappa shape index (κ2) is 3.23. The summed E-state index contributed by atoms with van der Waals surface area (Å²) in [6.07, 6.45) is 10.0. The highest BCUT2D eigenvalue weighted by Gasteiger charge is 2.32. The Kier molecular flexibility index (Phi) is 1.86. The monoisotopic (exact) mass is 211 g/mol. The van der Waals surface area contributed by atoms with Crippen LogP contribution in [0.2, 0.25) is 0 Å². The zero-order chi connectivity index (χ0) is 11.1. The summed E-state index contributed by atoms with van der Waals surface area (Å²) in [6.45, 7) is 0. The summed E-state index contributed by atoms with van der Waals surface area (Å²) < 4.78 is 0. The summed E-state index contributed by atoms with van der Waals surface area (Å²) >= 11 is 0. The summed E-state index contributed by atoms with van der Waals surface area (Å²) in [5.41, 5.74) is 2.13. The third-order valence-electron chi connectivity index (χ3n) is 2.86. The van der Waals surface area contributed by atoms with E-state index >= 15 is 0 Å². The summed E-state index contributed by atoms with van der Waals surface area (Å²) in [6, 6.07) is 0. The lowest BCUT2D eigenvalue weighted by atomic mass is 9.86. The van der Waals surface area contributed by atoms with Gasteiger partial charge in [-0.1, -0.05) is 18.2 Å². The SMILES string of the molecule is O=C1CC=CC2=C1C(=O)C1=CC=CCC1=N2. The molecule has 0 aromatic heterocycles. The quantitative estimate of drug-likeness (QED) is 0.572. The second-order valence-corrected chi connectivity index (χ2v) is 3.89. The number of nitrogens with zero attached hydrogens (tertiary/aromatic N) is 1. The second-order valence-electron chi connectivity index (χ2n) is 3.89. The van der Waals surface area contributed by atoms with Crippen molar-refractivity contribution in [2.24, 2.45) is 4.99 Å². The number of aliphatic imine (C=N–C) groups is 1. The van der Waals surface area contributed by atoms with E-state index in [0.717, 1.165) is 5.71 Å². The van der Waals surface area contributed by atoms with Crippen molar-refractivity contribution in [2.45, 2.75) is 12.8 Å². The topological polar surface area (TPSA) is 46.5 Å². The first kappa shape index (κ1) is 9.21. The van der Waals surface area contributed by atoms with Crippen molar-refractivity contribution >= 4 is 17.3 Å². The van der Waals surface area contributed by atoms with Crippen molar-refractivity contribution in [1.82, 2.24) is 0 Å². The van der Waals surface area contributed by atoms with E-state index in [0.29, 0.717) is 24.1 Å². The number of rotatable bonds is 0. The Bertz CT molecular complexity index is 556. The zero-order valence-electron chi connectivity index (χ0n) is 8.56. The molecule has 0 unspecified atom stereocenters. The van der Waals surface area contributed by atoms with Crippen LogP contribution in [0, 0.1) is 0 Å². The molecule has 0 N–H and O–H groups in total. The Morgan fingerprint density at radius 3 is 2.88 bits per heavy atom. The Hall–Kier alpha value is -2.03. The third kappa shape index (κ3) is 1.18. The largest absolute Gasteiger partial charge is 0.294 e. The van der Waals surface area contributed by atoms with Crippen LogP contribution in [0.15, 0.2) is 52.2 Å². The molecule has 1 heterocycles. The average molecular weight is 211 g/mol. The first-order chi connectivity index (χ1) is 7.77. The molecule has 0 bridgehead atoms. The summed E-state index contributed by atoms with van der Waals surface area (Å²) in [5, 5.41) is 0. The predicted molar refractivity (Wildman–Crippen MR) is 60.1 cm³/mol. The van der Waals surface area contributed by atoms with E-state index in [1.807, 2.05) is 12.2 Å². The molecule has 0 atom stereocenters. The number of Topliss-reactive ketones (excluding diaryl/α,β-unsaturated/α-hetero) is 2. The first-order valence-electron chi connectivity index (χ1n) is 5.21. The molecule has 78 valence electrons. The van der Waals surface area contributed by atoms with Gasteiger partial charge < -0.3 is 0 Å². The van der Waals surface area contributed by atoms with Crippen molar-refractivity contribution < 1.29 is 9.59 Å². The van der Waals surface area contributed by atoms with Crippen LogP contribution in [0.25, 0.3) is 0 Å². The predicted octanol–water partition coefficient (Wildman–Crippen LogP) is 1.68. The zero-order valence-corrected chi connectivity index (χ0v) is 8.56. The van der Waals surface area contributed by atoms with Crippen LogP contribution in [0.1, 0.15) is 12.8 Å². The molecular formula is C13H9NO2. The van der Waals surface area contributed by atoms with Gasteiger partial charge in [-0.15, -0.1) is 0 Å². The fourth-order valence-electron chi connectivity index (χ4n) is 2.08. The lowest BCUT2D eigenvalue weighted by molar-refractivity contribution is -0.119. The van der Waals surface area contributed by atoms with E-state index in [1.54, 1.807) is 18.2 Å². The number of hydrogen-bond acceptors (Lipinski definition) is 3.